The lowest BCUT2D eigenvalue weighted by Crippen LogP contribution is -2.24. The number of carbonyl (C=O) groups excluding carboxylic acids is 1. The number of nitrogens with zero attached hydrogens (tertiary/aromatic N) is 2. The lowest BCUT2D eigenvalue weighted by atomic mass is 9.87. The van der Waals surface area contributed by atoms with E-state index in [4.69, 9.17) is 0 Å². The monoisotopic (exact) mass is 311 g/mol. The average Bonchev–Trinajstić information content (AvgIpc) is 2.79. The van der Waals surface area contributed by atoms with Gasteiger partial charge in [0.05, 0.1) is 6.20 Å². The number of anilines is 1. The van der Waals surface area contributed by atoms with E-state index in [1.807, 2.05) is 0 Å². The standard InChI is InChI=1S/C14H12F3N3O2/c1-20-13-11(7-18-20)10(6-12(21)19-13)8-2-4-9(5-3-8)22-14(15,16)17/h2-5,7,10H,6H2,1H3,(H,19,21). The van der Waals surface area contributed by atoms with Gasteiger partial charge in [-0.1, -0.05) is 12.1 Å². The Hall–Kier alpha value is -2.51. The third-order valence-corrected chi connectivity index (χ3v) is 3.51. The molecule has 1 atom stereocenters. The minimum absolute atomic E-state index is 0.156. The van der Waals surface area contributed by atoms with Gasteiger partial charge in [0.1, 0.15) is 11.6 Å². The highest BCUT2D eigenvalue weighted by molar-refractivity contribution is 5.94. The Morgan fingerprint density at radius 1 is 1.32 bits per heavy atom. The molecule has 1 amide bonds. The minimum atomic E-state index is -4.72. The summed E-state index contributed by atoms with van der Waals surface area (Å²) in [5, 5.41) is 6.84. The number of aryl methyl sites for hydroxylation is 1. The topological polar surface area (TPSA) is 56.2 Å². The van der Waals surface area contributed by atoms with Crippen molar-refractivity contribution < 1.29 is 22.7 Å². The molecule has 2 aromatic rings. The summed E-state index contributed by atoms with van der Waals surface area (Å²) >= 11 is 0. The molecule has 0 spiro atoms. The molecule has 22 heavy (non-hydrogen) atoms. The first kappa shape index (κ1) is 14.4. The van der Waals surface area contributed by atoms with Gasteiger partial charge < -0.3 is 10.1 Å². The SMILES string of the molecule is Cn1ncc2c1NC(=O)CC2c1ccc(OC(F)(F)F)cc1. The number of aromatic nitrogens is 2. The molecule has 0 saturated carbocycles. The summed E-state index contributed by atoms with van der Waals surface area (Å²) in [5.74, 6) is -0.0751. The Morgan fingerprint density at radius 2 is 2.00 bits per heavy atom. The van der Waals surface area contributed by atoms with Gasteiger partial charge in [-0.3, -0.25) is 9.48 Å². The molecule has 1 aliphatic rings. The molecule has 1 N–H and O–H groups in total. The molecular weight excluding hydrogens is 299 g/mol. The minimum Gasteiger partial charge on any atom is -0.406 e. The zero-order chi connectivity index (χ0) is 15.9. The van der Waals surface area contributed by atoms with Crippen molar-refractivity contribution >= 4 is 11.7 Å². The first-order chi connectivity index (χ1) is 10.3. The molecule has 0 saturated heterocycles. The summed E-state index contributed by atoms with van der Waals surface area (Å²) in [6.07, 6.45) is -2.85. The van der Waals surface area contributed by atoms with Crippen LogP contribution in [0, 0.1) is 0 Å². The highest BCUT2D eigenvalue weighted by Crippen LogP contribution is 2.37. The molecule has 0 radical (unpaired) electrons. The summed E-state index contributed by atoms with van der Waals surface area (Å²) in [6.45, 7) is 0. The molecular formula is C14H12F3N3O2. The molecule has 5 nitrogen and oxygen atoms in total. The molecule has 3 rings (SSSR count). The van der Waals surface area contributed by atoms with Crippen molar-refractivity contribution in [2.24, 2.45) is 7.05 Å². The molecule has 1 unspecified atom stereocenters. The molecule has 1 aromatic carbocycles. The van der Waals surface area contributed by atoms with Crippen LogP contribution in [0.4, 0.5) is 19.0 Å². The predicted molar refractivity (Wildman–Crippen MR) is 71.4 cm³/mol. The molecule has 8 heteroatoms. The van der Waals surface area contributed by atoms with Gasteiger partial charge in [0.2, 0.25) is 5.91 Å². The third-order valence-electron chi connectivity index (χ3n) is 3.51. The number of amides is 1. The number of fused-ring (bicyclic) bond motifs is 1. The third kappa shape index (κ3) is 2.76. The number of hydrogen-bond acceptors (Lipinski definition) is 3. The van der Waals surface area contributed by atoms with Crippen LogP contribution in [0.15, 0.2) is 30.5 Å². The van der Waals surface area contributed by atoms with E-state index in [0.717, 1.165) is 11.1 Å². The fraction of sp³-hybridized carbons (Fsp3) is 0.286. The van der Waals surface area contributed by atoms with Crippen molar-refractivity contribution in [3.63, 3.8) is 0 Å². The van der Waals surface area contributed by atoms with Crippen LogP contribution in [-0.4, -0.2) is 22.1 Å². The Morgan fingerprint density at radius 3 is 2.64 bits per heavy atom. The zero-order valence-corrected chi connectivity index (χ0v) is 11.5. The smallest absolute Gasteiger partial charge is 0.406 e. The van der Waals surface area contributed by atoms with E-state index in [9.17, 15) is 18.0 Å². The number of ether oxygens (including phenoxy) is 1. The van der Waals surface area contributed by atoms with E-state index in [-0.39, 0.29) is 24.0 Å². The first-order valence-electron chi connectivity index (χ1n) is 6.51. The van der Waals surface area contributed by atoms with Crippen LogP contribution in [0.25, 0.3) is 0 Å². The number of rotatable bonds is 2. The molecule has 116 valence electrons. The number of hydrogen-bond donors (Lipinski definition) is 1. The summed E-state index contributed by atoms with van der Waals surface area (Å²) in [7, 11) is 1.71. The molecule has 1 aliphatic heterocycles. The molecule has 0 aliphatic carbocycles. The summed E-state index contributed by atoms with van der Waals surface area (Å²) in [6, 6.07) is 5.54. The highest BCUT2D eigenvalue weighted by atomic mass is 19.4. The van der Waals surface area contributed by atoms with Crippen molar-refractivity contribution in [2.45, 2.75) is 18.7 Å². The Bertz CT molecular complexity index is 707. The van der Waals surface area contributed by atoms with Crippen LogP contribution in [0.5, 0.6) is 5.75 Å². The van der Waals surface area contributed by atoms with Crippen molar-refractivity contribution in [3.8, 4) is 5.75 Å². The first-order valence-corrected chi connectivity index (χ1v) is 6.51. The second-order valence-electron chi connectivity index (χ2n) is 4.99. The molecule has 1 aromatic heterocycles. The maximum atomic E-state index is 12.2. The number of alkyl halides is 3. The average molecular weight is 311 g/mol. The fourth-order valence-corrected chi connectivity index (χ4v) is 2.54. The van der Waals surface area contributed by atoms with Gasteiger partial charge in [0.25, 0.3) is 0 Å². The van der Waals surface area contributed by atoms with E-state index in [0.29, 0.717) is 5.82 Å². The van der Waals surface area contributed by atoms with E-state index >= 15 is 0 Å². The summed E-state index contributed by atoms with van der Waals surface area (Å²) < 4.78 is 41.9. The number of halogens is 3. The fourth-order valence-electron chi connectivity index (χ4n) is 2.54. The van der Waals surface area contributed by atoms with Gasteiger partial charge in [0.15, 0.2) is 0 Å². The van der Waals surface area contributed by atoms with E-state index in [1.54, 1.807) is 17.9 Å². The van der Waals surface area contributed by atoms with Gasteiger partial charge in [-0.2, -0.15) is 5.10 Å². The quantitative estimate of drug-likeness (QED) is 0.928. The van der Waals surface area contributed by atoms with Crippen LogP contribution in [-0.2, 0) is 11.8 Å². The lowest BCUT2D eigenvalue weighted by molar-refractivity contribution is -0.274. The Kier molecular flexibility index (Phi) is 3.31. The summed E-state index contributed by atoms with van der Waals surface area (Å²) in [5.41, 5.74) is 1.57. The molecule has 0 fully saturated rings. The van der Waals surface area contributed by atoms with Gasteiger partial charge in [0, 0.05) is 24.9 Å². The van der Waals surface area contributed by atoms with E-state index < -0.39 is 6.36 Å². The van der Waals surface area contributed by atoms with Gasteiger partial charge in [-0.05, 0) is 17.7 Å². The van der Waals surface area contributed by atoms with Crippen LogP contribution in [0.3, 0.4) is 0 Å². The van der Waals surface area contributed by atoms with Crippen molar-refractivity contribution in [1.29, 1.82) is 0 Å². The Labute approximate surface area is 123 Å². The van der Waals surface area contributed by atoms with Gasteiger partial charge in [-0.15, -0.1) is 13.2 Å². The Balaban J connectivity index is 1.90. The van der Waals surface area contributed by atoms with Crippen LogP contribution in [0.2, 0.25) is 0 Å². The van der Waals surface area contributed by atoms with Crippen molar-refractivity contribution in [2.75, 3.05) is 5.32 Å². The largest absolute Gasteiger partial charge is 0.573 e. The molecule has 0 bridgehead atoms. The van der Waals surface area contributed by atoms with Gasteiger partial charge in [-0.25, -0.2) is 0 Å². The lowest BCUT2D eigenvalue weighted by Gasteiger charge is -2.23. The normalized spacial score (nSPS) is 17.8. The van der Waals surface area contributed by atoms with Crippen LogP contribution < -0.4 is 10.1 Å². The van der Waals surface area contributed by atoms with Crippen molar-refractivity contribution in [1.82, 2.24) is 9.78 Å². The molecule has 2 heterocycles. The van der Waals surface area contributed by atoms with Gasteiger partial charge >= 0.3 is 6.36 Å². The van der Waals surface area contributed by atoms with E-state index in [1.165, 1.54) is 24.3 Å². The maximum absolute atomic E-state index is 12.2. The van der Waals surface area contributed by atoms with E-state index in [2.05, 4.69) is 15.2 Å². The van der Waals surface area contributed by atoms with Crippen molar-refractivity contribution in [3.05, 3.63) is 41.6 Å². The number of nitrogens with one attached hydrogen (secondary N) is 1. The van der Waals surface area contributed by atoms with Crippen LogP contribution >= 0.6 is 0 Å². The second kappa shape index (κ2) is 5.04. The predicted octanol–water partition coefficient (Wildman–Crippen LogP) is 2.79. The highest BCUT2D eigenvalue weighted by Gasteiger charge is 2.32. The number of carbonyl (C=O) groups is 1. The summed E-state index contributed by atoms with van der Waals surface area (Å²) in [4.78, 5) is 11.8. The number of benzene rings is 1. The zero-order valence-electron chi connectivity index (χ0n) is 11.5. The maximum Gasteiger partial charge on any atom is 0.573 e. The van der Waals surface area contributed by atoms with Crippen LogP contribution in [0.1, 0.15) is 23.5 Å². The second-order valence-corrected chi connectivity index (χ2v) is 4.99.